The van der Waals surface area contributed by atoms with Gasteiger partial charge in [0.05, 0.1) is 5.56 Å². The molecule has 62 valence electrons. The predicted octanol–water partition coefficient (Wildman–Crippen LogP) is -0.170. The van der Waals surface area contributed by atoms with E-state index in [1.165, 1.54) is 6.20 Å². The van der Waals surface area contributed by atoms with Crippen molar-refractivity contribution >= 4 is 18.5 Å². The lowest BCUT2D eigenvalue weighted by atomic mass is 10.1. The van der Waals surface area contributed by atoms with Crippen molar-refractivity contribution in [1.82, 2.24) is 4.74 Å². The third kappa shape index (κ3) is 0.783. The summed E-state index contributed by atoms with van der Waals surface area (Å²) in [6, 6.07) is 3.84. The van der Waals surface area contributed by atoms with Crippen molar-refractivity contribution in [3.8, 4) is 0 Å². The number of hydrogen-bond acceptors (Lipinski definition) is 2. The monoisotopic (exact) mass is 170 g/mol. The highest BCUT2D eigenvalue weighted by molar-refractivity contribution is 5.86. The fourth-order valence-electron chi connectivity index (χ4n) is 1.61. The summed E-state index contributed by atoms with van der Waals surface area (Å²) in [6.07, 6.45) is 6.91. The van der Waals surface area contributed by atoms with E-state index in [9.17, 15) is 5.21 Å². The van der Waals surface area contributed by atoms with Gasteiger partial charge in [0.1, 0.15) is 0 Å². The Labute approximate surface area is 74.2 Å². The van der Waals surface area contributed by atoms with Crippen molar-refractivity contribution in [1.29, 1.82) is 0 Å². The second-order valence-corrected chi connectivity index (χ2v) is 3.09. The van der Waals surface area contributed by atoms with Crippen LogP contribution in [0.1, 0.15) is 11.1 Å². The van der Waals surface area contributed by atoms with Gasteiger partial charge in [-0.2, -0.15) is 4.74 Å². The molecule has 0 N–H and O–H groups in total. The third-order valence-corrected chi connectivity index (χ3v) is 2.29. The first-order valence-corrected chi connectivity index (χ1v) is 4.03. The molecule has 2 aliphatic rings. The lowest BCUT2D eigenvalue weighted by Crippen LogP contribution is -2.22. The summed E-state index contributed by atoms with van der Waals surface area (Å²) in [6.45, 7) is 0. The second-order valence-electron chi connectivity index (χ2n) is 3.09. The number of aliphatic imine (C=N–C) groups is 1. The molecule has 2 aliphatic heterocycles. The molecule has 0 unspecified atom stereocenters. The summed E-state index contributed by atoms with van der Waals surface area (Å²) >= 11 is 0. The minimum absolute atomic E-state index is 0.709. The number of benzene rings is 1. The fourth-order valence-corrected chi connectivity index (χ4v) is 1.61. The average Bonchev–Trinajstić information content (AvgIpc) is 2.70. The molecule has 0 radical (unpaired) electrons. The van der Waals surface area contributed by atoms with Crippen molar-refractivity contribution in [2.45, 2.75) is 0 Å². The summed E-state index contributed by atoms with van der Waals surface area (Å²) in [5.41, 5.74) is 1.99. The molecule has 0 atom stereocenters. The molecule has 0 saturated heterocycles. The number of rotatable bonds is 0. The molecule has 3 rings (SSSR count). The maximum atomic E-state index is 11.2. The Morgan fingerprint density at radius 1 is 1.23 bits per heavy atom. The average molecular weight is 170 g/mol. The van der Waals surface area contributed by atoms with Gasteiger partial charge in [0.15, 0.2) is 6.20 Å². The van der Waals surface area contributed by atoms with Crippen LogP contribution in [0.25, 0.3) is 12.3 Å². The Morgan fingerprint density at radius 3 is 3.08 bits per heavy atom. The molecule has 3 heteroatoms. The molecule has 13 heavy (non-hydrogen) atoms. The van der Waals surface area contributed by atoms with Crippen molar-refractivity contribution in [2.75, 3.05) is 0 Å². The summed E-state index contributed by atoms with van der Waals surface area (Å²) in [5.74, 6) is 0. The van der Waals surface area contributed by atoms with Gasteiger partial charge in [0.2, 0.25) is 5.36 Å². The van der Waals surface area contributed by atoms with Crippen molar-refractivity contribution < 1.29 is 0 Å². The highest BCUT2D eigenvalue weighted by Gasteiger charge is 2.10. The summed E-state index contributed by atoms with van der Waals surface area (Å²) in [7, 11) is 0. The van der Waals surface area contributed by atoms with Crippen LogP contribution >= 0.6 is 0 Å². The molecule has 0 amide bonds. The topological polar surface area (TPSA) is 38.4 Å². The molecule has 2 heterocycles. The van der Waals surface area contributed by atoms with Crippen LogP contribution in [0.15, 0.2) is 23.3 Å². The molecular weight excluding hydrogens is 164 g/mol. The maximum absolute atomic E-state index is 11.2. The van der Waals surface area contributed by atoms with Gasteiger partial charge in [-0.25, -0.2) is 0 Å². The highest BCUT2D eigenvalue weighted by Crippen LogP contribution is 2.00. The molecular formula is C10H6N2O. The first-order valence-electron chi connectivity index (χ1n) is 4.03. The van der Waals surface area contributed by atoms with Crippen LogP contribution in [0.3, 0.4) is 0 Å². The van der Waals surface area contributed by atoms with Gasteiger partial charge >= 0.3 is 0 Å². The van der Waals surface area contributed by atoms with E-state index in [-0.39, 0.29) is 0 Å². The zero-order valence-corrected chi connectivity index (χ0v) is 6.77. The van der Waals surface area contributed by atoms with E-state index in [0.29, 0.717) is 5.36 Å². The van der Waals surface area contributed by atoms with Gasteiger partial charge in [-0.1, -0.05) is 0 Å². The smallest absolute Gasteiger partial charge is 0.224 e. The first kappa shape index (κ1) is 6.60. The Bertz CT molecular complexity index is 567. The van der Waals surface area contributed by atoms with E-state index in [4.69, 9.17) is 0 Å². The van der Waals surface area contributed by atoms with Crippen molar-refractivity contribution in [2.24, 2.45) is 4.99 Å². The number of nitrogens with zero attached hydrogens (tertiary/aromatic N) is 2. The number of fused-ring (bicyclic) bond motifs is 2. The van der Waals surface area contributed by atoms with E-state index >= 15 is 0 Å². The minimum atomic E-state index is 0.709. The quantitative estimate of drug-likeness (QED) is 0.393. The van der Waals surface area contributed by atoms with E-state index in [1.807, 2.05) is 18.2 Å². The standard InChI is InChI=1S/C10H6N2O/c13-12-2-1-7-3-8-5-11-6-9(8)4-10(7)12/h1-6H. The zero-order valence-electron chi connectivity index (χ0n) is 6.77. The Morgan fingerprint density at radius 2 is 2.15 bits per heavy atom. The van der Waals surface area contributed by atoms with E-state index in [1.54, 1.807) is 12.4 Å². The SMILES string of the molecule is [O-][N+]1=c2cc3c(cc2C=C1)=CN=C3. The third-order valence-electron chi connectivity index (χ3n) is 2.29. The van der Waals surface area contributed by atoms with Crippen LogP contribution in [0, 0.1) is 5.21 Å². The largest absolute Gasteiger partial charge is 0.618 e. The number of hydrogen-bond donors (Lipinski definition) is 0. The normalized spacial score (nSPS) is 15.8. The fraction of sp³-hybridized carbons (Fsp3) is 0. The molecule has 1 aromatic rings. The van der Waals surface area contributed by atoms with Gasteiger partial charge in [0.25, 0.3) is 0 Å². The lowest BCUT2D eigenvalue weighted by molar-refractivity contribution is 0.983. The molecule has 0 saturated carbocycles. The summed E-state index contributed by atoms with van der Waals surface area (Å²) in [5, 5.41) is 13.0. The summed E-state index contributed by atoms with van der Waals surface area (Å²) in [4.78, 5) is 4.02. The Hall–Kier alpha value is -1.90. The predicted molar refractivity (Wildman–Crippen MR) is 51.4 cm³/mol. The lowest BCUT2D eigenvalue weighted by Gasteiger charge is -1.93. The van der Waals surface area contributed by atoms with Gasteiger partial charge in [-0.15, -0.1) is 0 Å². The van der Waals surface area contributed by atoms with E-state index in [0.717, 1.165) is 21.1 Å². The molecule has 0 spiro atoms. The molecule has 0 aromatic heterocycles. The zero-order chi connectivity index (χ0) is 8.84. The highest BCUT2D eigenvalue weighted by atomic mass is 16.5. The summed E-state index contributed by atoms with van der Waals surface area (Å²) < 4.78 is 0.877. The van der Waals surface area contributed by atoms with Crippen molar-refractivity contribution in [3.05, 3.63) is 45.2 Å². The van der Waals surface area contributed by atoms with Crippen LogP contribution in [-0.2, 0) is 0 Å². The van der Waals surface area contributed by atoms with Gasteiger partial charge < -0.3 is 5.21 Å². The Balaban J connectivity index is 2.50. The first-order chi connectivity index (χ1) is 6.34. The van der Waals surface area contributed by atoms with Gasteiger partial charge in [-0.3, -0.25) is 4.99 Å². The Kier molecular flexibility index (Phi) is 1.05. The van der Waals surface area contributed by atoms with Crippen LogP contribution in [0.2, 0.25) is 0 Å². The molecule has 3 nitrogen and oxygen atoms in total. The number of hydroxylamine groups is 1. The minimum Gasteiger partial charge on any atom is -0.618 e. The maximum Gasteiger partial charge on any atom is 0.224 e. The van der Waals surface area contributed by atoms with E-state index < -0.39 is 0 Å². The molecule has 1 aromatic carbocycles. The van der Waals surface area contributed by atoms with Crippen LogP contribution in [-0.4, -0.2) is 6.21 Å². The van der Waals surface area contributed by atoms with Crippen LogP contribution < -0.4 is 15.3 Å². The van der Waals surface area contributed by atoms with Gasteiger partial charge in [-0.05, 0) is 6.07 Å². The molecule has 0 aliphatic carbocycles. The van der Waals surface area contributed by atoms with Gasteiger partial charge in [0, 0.05) is 35.3 Å². The van der Waals surface area contributed by atoms with Crippen LogP contribution in [0.4, 0.5) is 0 Å². The van der Waals surface area contributed by atoms with E-state index in [2.05, 4.69) is 4.99 Å². The molecule has 0 fully saturated rings. The van der Waals surface area contributed by atoms with Crippen molar-refractivity contribution in [3.63, 3.8) is 0 Å². The second kappa shape index (κ2) is 2.07. The molecule has 0 bridgehead atoms. The van der Waals surface area contributed by atoms with Crippen LogP contribution in [0.5, 0.6) is 0 Å².